The number of ether oxygens (including phenoxy) is 1. The molecule has 3 N–H and O–H groups in total. The number of anilines is 2. The minimum Gasteiger partial charge on any atom is -0.490 e. The maximum atomic E-state index is 14.0. The summed E-state index contributed by atoms with van der Waals surface area (Å²) in [5, 5.41) is 24.2. The normalized spacial score (nSPS) is 23.4. The number of hydrogen-bond donors (Lipinski definition) is 3. The molecule has 0 radical (unpaired) electrons. The van der Waals surface area contributed by atoms with Crippen molar-refractivity contribution >= 4 is 40.5 Å². The highest BCUT2D eigenvalue weighted by Crippen LogP contribution is 2.37. The van der Waals surface area contributed by atoms with Gasteiger partial charge in [-0.3, -0.25) is 4.79 Å². The average molecular weight is 473 g/mol. The molecule has 0 aliphatic carbocycles. The molecule has 0 aromatic heterocycles. The van der Waals surface area contributed by atoms with E-state index < -0.39 is 23.3 Å². The van der Waals surface area contributed by atoms with E-state index in [1.807, 2.05) is 0 Å². The maximum absolute atomic E-state index is 14.0. The molecule has 2 aromatic carbocycles. The number of fused-ring (bicyclic) bond motifs is 1. The number of carbonyl (C=O) groups is 1. The molecule has 0 bridgehead atoms. The van der Waals surface area contributed by atoms with E-state index in [-0.39, 0.29) is 47.6 Å². The highest BCUT2D eigenvalue weighted by molar-refractivity contribution is 6.35. The van der Waals surface area contributed by atoms with Crippen LogP contribution in [-0.4, -0.2) is 47.5 Å². The molecule has 4 rings (SSSR count). The van der Waals surface area contributed by atoms with Crippen LogP contribution < -0.4 is 15.0 Å². The Labute approximate surface area is 187 Å². The lowest BCUT2D eigenvalue weighted by molar-refractivity contribution is -0.116. The fraction of sp³-hybridized carbons (Fsp3) is 0.381. The summed E-state index contributed by atoms with van der Waals surface area (Å²) in [6.07, 6.45) is -0.542. The summed E-state index contributed by atoms with van der Waals surface area (Å²) in [5.74, 6) is -1.13. The molecule has 1 amide bonds. The molecule has 0 saturated carbocycles. The van der Waals surface area contributed by atoms with Gasteiger partial charge in [-0.25, -0.2) is 8.78 Å². The van der Waals surface area contributed by atoms with Gasteiger partial charge in [0.05, 0.1) is 21.4 Å². The van der Waals surface area contributed by atoms with E-state index in [4.69, 9.17) is 27.9 Å². The number of rotatable bonds is 4. The molecular formula is C21H20Cl2F2N2O4. The summed E-state index contributed by atoms with van der Waals surface area (Å²) < 4.78 is 33.4. The molecule has 2 heterocycles. The zero-order chi connectivity index (χ0) is 22.3. The summed E-state index contributed by atoms with van der Waals surface area (Å²) in [6, 6.07) is 5.11. The SMILES string of the molecule is O=C1CCc2c(OC[C@]3(O)CCN(c4cc(Cl)c(F)cc4Cl)C[C@H]3O)ccc(F)c2N1. The molecule has 166 valence electrons. The predicted octanol–water partition coefficient (Wildman–Crippen LogP) is 3.54. The Hall–Kier alpha value is -2.13. The number of aliphatic hydroxyl groups is 2. The van der Waals surface area contributed by atoms with Crippen molar-refractivity contribution in [3.63, 3.8) is 0 Å². The third-order valence-corrected chi connectivity index (χ3v) is 6.31. The number of aliphatic hydroxyl groups excluding tert-OH is 1. The zero-order valence-corrected chi connectivity index (χ0v) is 17.8. The highest BCUT2D eigenvalue weighted by atomic mass is 35.5. The Morgan fingerprint density at radius 2 is 1.97 bits per heavy atom. The van der Waals surface area contributed by atoms with E-state index in [0.29, 0.717) is 30.0 Å². The van der Waals surface area contributed by atoms with Gasteiger partial charge in [-0.2, -0.15) is 0 Å². The van der Waals surface area contributed by atoms with Gasteiger partial charge in [0.2, 0.25) is 5.91 Å². The van der Waals surface area contributed by atoms with Crippen LogP contribution in [0.4, 0.5) is 20.2 Å². The number of nitrogens with zero attached hydrogens (tertiary/aromatic N) is 1. The van der Waals surface area contributed by atoms with Crippen molar-refractivity contribution < 1.29 is 28.5 Å². The third kappa shape index (κ3) is 4.30. The van der Waals surface area contributed by atoms with Crippen LogP contribution in [0.15, 0.2) is 24.3 Å². The first-order chi connectivity index (χ1) is 14.7. The Kier molecular flexibility index (Phi) is 6.00. The summed E-state index contributed by atoms with van der Waals surface area (Å²) in [5.41, 5.74) is -0.508. The molecule has 0 unspecified atom stereocenters. The van der Waals surface area contributed by atoms with Gasteiger partial charge in [0, 0.05) is 25.1 Å². The van der Waals surface area contributed by atoms with Crippen molar-refractivity contribution in [1.29, 1.82) is 0 Å². The molecule has 10 heteroatoms. The van der Waals surface area contributed by atoms with Crippen molar-refractivity contribution in [3.05, 3.63) is 51.5 Å². The number of benzene rings is 2. The van der Waals surface area contributed by atoms with Crippen LogP contribution in [0.3, 0.4) is 0 Å². The predicted molar refractivity (Wildman–Crippen MR) is 113 cm³/mol. The largest absolute Gasteiger partial charge is 0.490 e. The minimum atomic E-state index is -1.56. The van der Waals surface area contributed by atoms with Crippen LogP contribution in [-0.2, 0) is 11.2 Å². The number of β-amino-alcohol motifs (C(OH)–C–C–N with tert-alkyl or cyclic N) is 1. The smallest absolute Gasteiger partial charge is 0.224 e. The monoisotopic (exact) mass is 472 g/mol. The van der Waals surface area contributed by atoms with Gasteiger partial charge in [-0.15, -0.1) is 0 Å². The number of hydrogen-bond acceptors (Lipinski definition) is 5. The minimum absolute atomic E-state index is 0.0269. The molecule has 1 saturated heterocycles. The average Bonchev–Trinajstić information content (AvgIpc) is 2.73. The van der Waals surface area contributed by atoms with Crippen LogP contribution in [0.25, 0.3) is 0 Å². The molecule has 6 nitrogen and oxygen atoms in total. The lowest BCUT2D eigenvalue weighted by Gasteiger charge is -2.43. The second-order valence-corrected chi connectivity index (χ2v) is 8.58. The summed E-state index contributed by atoms with van der Waals surface area (Å²) in [7, 11) is 0. The van der Waals surface area contributed by atoms with Crippen LogP contribution in [0.5, 0.6) is 5.75 Å². The Bertz CT molecular complexity index is 1040. The van der Waals surface area contributed by atoms with Crippen molar-refractivity contribution in [3.8, 4) is 5.75 Å². The van der Waals surface area contributed by atoms with Crippen LogP contribution in [0.1, 0.15) is 18.4 Å². The fourth-order valence-electron chi connectivity index (χ4n) is 3.87. The van der Waals surface area contributed by atoms with Crippen molar-refractivity contribution in [1.82, 2.24) is 0 Å². The van der Waals surface area contributed by atoms with Gasteiger partial charge in [-0.1, -0.05) is 23.2 Å². The molecule has 1 fully saturated rings. The molecule has 31 heavy (non-hydrogen) atoms. The molecule has 2 aromatic rings. The van der Waals surface area contributed by atoms with E-state index >= 15 is 0 Å². The van der Waals surface area contributed by atoms with E-state index in [2.05, 4.69) is 5.32 Å². The molecule has 0 spiro atoms. The number of carbonyl (C=O) groups excluding carboxylic acids is 1. The topological polar surface area (TPSA) is 82.0 Å². The summed E-state index contributed by atoms with van der Waals surface area (Å²) >= 11 is 12.0. The first-order valence-corrected chi connectivity index (χ1v) is 10.5. The quantitative estimate of drug-likeness (QED) is 0.592. The van der Waals surface area contributed by atoms with Gasteiger partial charge in [0.15, 0.2) is 0 Å². The van der Waals surface area contributed by atoms with E-state index in [1.165, 1.54) is 18.2 Å². The van der Waals surface area contributed by atoms with Crippen molar-refractivity contribution in [2.45, 2.75) is 31.0 Å². The van der Waals surface area contributed by atoms with E-state index in [9.17, 15) is 23.8 Å². The standard InChI is InChI=1S/C21H20Cl2F2N2O4/c22-12-8-16(13(23)7-15(12)25)27-6-5-21(30,18(28)9-27)10-31-17-3-2-14(24)20-11(17)1-4-19(29)26-20/h2-3,7-8,18,28,30H,1,4-6,9-10H2,(H,26,29)/t18-,21-/m1/s1. The maximum Gasteiger partial charge on any atom is 0.224 e. The molecule has 2 atom stereocenters. The van der Waals surface area contributed by atoms with Gasteiger partial charge in [0.1, 0.15) is 35.7 Å². The lowest BCUT2D eigenvalue weighted by Crippen LogP contribution is -2.58. The fourth-order valence-corrected chi connectivity index (χ4v) is 4.30. The highest BCUT2D eigenvalue weighted by Gasteiger charge is 2.42. The van der Waals surface area contributed by atoms with Gasteiger partial charge >= 0.3 is 0 Å². The molecule has 2 aliphatic rings. The van der Waals surface area contributed by atoms with E-state index in [0.717, 1.165) is 6.07 Å². The van der Waals surface area contributed by atoms with Crippen LogP contribution in [0, 0.1) is 11.6 Å². The van der Waals surface area contributed by atoms with Crippen molar-refractivity contribution in [2.75, 3.05) is 29.9 Å². The number of piperidine rings is 1. The lowest BCUT2D eigenvalue weighted by atomic mass is 9.89. The van der Waals surface area contributed by atoms with E-state index in [1.54, 1.807) is 4.90 Å². The van der Waals surface area contributed by atoms with Gasteiger partial charge < -0.3 is 25.2 Å². The second kappa shape index (κ2) is 8.43. The first-order valence-electron chi connectivity index (χ1n) is 9.72. The first kappa shape index (κ1) is 22.1. The Balaban J connectivity index is 1.47. The second-order valence-electron chi connectivity index (χ2n) is 7.77. The number of nitrogens with one attached hydrogen (secondary N) is 1. The van der Waals surface area contributed by atoms with Crippen LogP contribution >= 0.6 is 23.2 Å². The van der Waals surface area contributed by atoms with Gasteiger partial charge in [0.25, 0.3) is 0 Å². The number of amides is 1. The van der Waals surface area contributed by atoms with Crippen LogP contribution in [0.2, 0.25) is 10.0 Å². The van der Waals surface area contributed by atoms with Crippen molar-refractivity contribution in [2.24, 2.45) is 0 Å². The Morgan fingerprint density at radius 1 is 1.19 bits per heavy atom. The van der Waals surface area contributed by atoms with Gasteiger partial charge in [-0.05, 0) is 37.1 Å². The molecular weight excluding hydrogens is 453 g/mol. The zero-order valence-electron chi connectivity index (χ0n) is 16.3. The third-order valence-electron chi connectivity index (χ3n) is 5.72. The summed E-state index contributed by atoms with van der Waals surface area (Å²) in [6.45, 7) is 0.112. The Morgan fingerprint density at radius 3 is 2.71 bits per heavy atom. The summed E-state index contributed by atoms with van der Waals surface area (Å²) in [4.78, 5) is 13.3. The number of halogens is 4. The molecule has 2 aliphatic heterocycles.